The van der Waals surface area contributed by atoms with Crippen molar-refractivity contribution >= 4 is 5.95 Å². The van der Waals surface area contributed by atoms with E-state index in [-0.39, 0.29) is 0 Å². The largest absolute Gasteiger partial charge is 0.368 e. The average molecular weight is 220 g/mol. The number of nitrogens with zero attached hydrogens (tertiary/aromatic N) is 2. The Bertz CT molecular complexity index is 346. The fraction of sp³-hybridized carbons (Fsp3) is 0.667. The van der Waals surface area contributed by atoms with Crippen LogP contribution in [0.25, 0.3) is 0 Å². The van der Waals surface area contributed by atoms with E-state index in [1.807, 2.05) is 13.8 Å². The third-order valence-corrected chi connectivity index (χ3v) is 3.39. The Balaban J connectivity index is 2.14. The van der Waals surface area contributed by atoms with Gasteiger partial charge in [0.2, 0.25) is 5.95 Å². The first kappa shape index (κ1) is 11.3. The van der Waals surface area contributed by atoms with E-state index in [0.717, 1.165) is 36.8 Å². The summed E-state index contributed by atoms with van der Waals surface area (Å²) < 4.78 is 0. The summed E-state index contributed by atoms with van der Waals surface area (Å²) in [6.45, 7) is 6.33. The lowest BCUT2D eigenvalue weighted by atomic mass is 9.90. The molecule has 0 bridgehead atoms. The van der Waals surface area contributed by atoms with Crippen molar-refractivity contribution in [2.45, 2.75) is 33.1 Å². The molecule has 1 aromatic rings. The summed E-state index contributed by atoms with van der Waals surface area (Å²) in [5, 5.41) is 3.39. The molecule has 0 aromatic carbocycles. The third-order valence-electron chi connectivity index (χ3n) is 3.39. The van der Waals surface area contributed by atoms with Gasteiger partial charge >= 0.3 is 0 Å². The van der Waals surface area contributed by atoms with Crippen LogP contribution >= 0.6 is 0 Å². The van der Waals surface area contributed by atoms with Crippen LogP contribution in [0.4, 0.5) is 5.95 Å². The second kappa shape index (κ2) is 4.78. The highest BCUT2D eigenvalue weighted by molar-refractivity contribution is 5.30. The number of hydrogen-bond acceptors (Lipinski definition) is 4. The van der Waals surface area contributed by atoms with Crippen LogP contribution in [-0.2, 0) is 6.42 Å². The number of piperidine rings is 1. The zero-order chi connectivity index (χ0) is 11.5. The second-order valence-electron chi connectivity index (χ2n) is 4.63. The Morgan fingerprint density at radius 1 is 1.19 bits per heavy atom. The number of aryl methyl sites for hydroxylation is 2. The van der Waals surface area contributed by atoms with Gasteiger partial charge < -0.3 is 11.1 Å². The summed E-state index contributed by atoms with van der Waals surface area (Å²) in [4.78, 5) is 8.50. The topological polar surface area (TPSA) is 63.8 Å². The molecule has 0 unspecified atom stereocenters. The highest BCUT2D eigenvalue weighted by atomic mass is 15.0. The lowest BCUT2D eigenvalue weighted by molar-refractivity contribution is 0.371. The highest BCUT2D eigenvalue weighted by Gasteiger charge is 2.17. The highest BCUT2D eigenvalue weighted by Crippen LogP contribution is 2.21. The van der Waals surface area contributed by atoms with Crippen LogP contribution in [0.2, 0.25) is 0 Å². The summed E-state index contributed by atoms with van der Waals surface area (Å²) in [7, 11) is 0. The molecule has 1 aromatic heterocycles. The van der Waals surface area contributed by atoms with Crippen LogP contribution in [-0.4, -0.2) is 23.1 Å². The van der Waals surface area contributed by atoms with Crippen LogP contribution in [0, 0.1) is 19.8 Å². The fourth-order valence-corrected chi connectivity index (χ4v) is 2.44. The van der Waals surface area contributed by atoms with Crippen LogP contribution in [0.5, 0.6) is 0 Å². The van der Waals surface area contributed by atoms with Crippen molar-refractivity contribution in [1.82, 2.24) is 15.3 Å². The predicted octanol–water partition coefficient (Wildman–Crippen LogP) is 1.22. The van der Waals surface area contributed by atoms with Gasteiger partial charge in [0.25, 0.3) is 0 Å². The number of hydrogen-bond donors (Lipinski definition) is 2. The van der Waals surface area contributed by atoms with Gasteiger partial charge in [-0.15, -0.1) is 0 Å². The summed E-state index contributed by atoms with van der Waals surface area (Å²) in [6, 6.07) is 0. The van der Waals surface area contributed by atoms with E-state index >= 15 is 0 Å². The fourth-order valence-electron chi connectivity index (χ4n) is 2.44. The molecule has 0 spiro atoms. The average Bonchev–Trinajstić information content (AvgIpc) is 2.25. The minimum Gasteiger partial charge on any atom is -0.368 e. The minimum absolute atomic E-state index is 0.393. The summed E-state index contributed by atoms with van der Waals surface area (Å²) >= 11 is 0. The Kier molecular flexibility index (Phi) is 3.39. The van der Waals surface area contributed by atoms with Gasteiger partial charge in [-0.05, 0) is 57.7 Å². The molecule has 1 aliphatic rings. The standard InChI is InChI=1S/C12H20N4/c1-8-11(9(2)16-12(13)15-8)7-10-3-5-14-6-4-10/h10,14H,3-7H2,1-2H3,(H2,13,15,16). The molecule has 0 radical (unpaired) electrons. The molecule has 1 fully saturated rings. The number of anilines is 1. The van der Waals surface area contributed by atoms with Crippen molar-refractivity contribution in [2.24, 2.45) is 5.92 Å². The summed E-state index contributed by atoms with van der Waals surface area (Å²) in [5.74, 6) is 1.16. The molecule has 0 amide bonds. The van der Waals surface area contributed by atoms with Crippen LogP contribution in [0.3, 0.4) is 0 Å². The Hall–Kier alpha value is -1.16. The van der Waals surface area contributed by atoms with Crippen LogP contribution in [0.1, 0.15) is 29.8 Å². The molecule has 0 atom stereocenters. The molecule has 2 heterocycles. The lowest BCUT2D eigenvalue weighted by Crippen LogP contribution is -2.29. The van der Waals surface area contributed by atoms with Gasteiger partial charge in [0, 0.05) is 11.4 Å². The van der Waals surface area contributed by atoms with Gasteiger partial charge in [-0.25, -0.2) is 9.97 Å². The van der Waals surface area contributed by atoms with Crippen molar-refractivity contribution in [3.05, 3.63) is 17.0 Å². The molecule has 1 saturated heterocycles. The van der Waals surface area contributed by atoms with E-state index in [2.05, 4.69) is 15.3 Å². The van der Waals surface area contributed by atoms with Gasteiger partial charge in [-0.3, -0.25) is 0 Å². The molecule has 0 aliphatic carbocycles. The smallest absolute Gasteiger partial charge is 0.220 e. The normalized spacial score (nSPS) is 17.6. The van der Waals surface area contributed by atoms with Gasteiger partial charge in [0.15, 0.2) is 0 Å². The van der Waals surface area contributed by atoms with Crippen molar-refractivity contribution in [3.8, 4) is 0 Å². The Morgan fingerprint density at radius 3 is 2.31 bits per heavy atom. The second-order valence-corrected chi connectivity index (χ2v) is 4.63. The lowest BCUT2D eigenvalue weighted by Gasteiger charge is -2.23. The van der Waals surface area contributed by atoms with Crippen molar-refractivity contribution in [2.75, 3.05) is 18.8 Å². The van der Waals surface area contributed by atoms with Crippen LogP contribution < -0.4 is 11.1 Å². The first-order valence-corrected chi connectivity index (χ1v) is 5.97. The van der Waals surface area contributed by atoms with Gasteiger partial charge in [0.1, 0.15) is 0 Å². The number of nitrogen functional groups attached to an aromatic ring is 1. The number of rotatable bonds is 2. The van der Waals surface area contributed by atoms with Crippen molar-refractivity contribution < 1.29 is 0 Å². The minimum atomic E-state index is 0.393. The van der Waals surface area contributed by atoms with E-state index in [1.165, 1.54) is 18.4 Å². The maximum absolute atomic E-state index is 5.63. The maximum atomic E-state index is 5.63. The molecule has 4 nitrogen and oxygen atoms in total. The monoisotopic (exact) mass is 220 g/mol. The predicted molar refractivity (Wildman–Crippen MR) is 65.2 cm³/mol. The van der Waals surface area contributed by atoms with E-state index in [4.69, 9.17) is 5.73 Å². The van der Waals surface area contributed by atoms with Crippen molar-refractivity contribution in [1.29, 1.82) is 0 Å². The van der Waals surface area contributed by atoms with E-state index in [0.29, 0.717) is 5.95 Å². The van der Waals surface area contributed by atoms with Gasteiger partial charge in [-0.2, -0.15) is 0 Å². The molecule has 4 heteroatoms. The van der Waals surface area contributed by atoms with E-state index in [1.54, 1.807) is 0 Å². The van der Waals surface area contributed by atoms with Crippen LogP contribution in [0.15, 0.2) is 0 Å². The Morgan fingerprint density at radius 2 is 1.75 bits per heavy atom. The SMILES string of the molecule is Cc1nc(N)nc(C)c1CC1CCNCC1. The summed E-state index contributed by atoms with van der Waals surface area (Å²) in [5.41, 5.74) is 9.01. The van der Waals surface area contributed by atoms with E-state index in [9.17, 15) is 0 Å². The molecular formula is C12H20N4. The van der Waals surface area contributed by atoms with Crippen molar-refractivity contribution in [3.63, 3.8) is 0 Å². The first-order valence-electron chi connectivity index (χ1n) is 5.97. The molecule has 0 saturated carbocycles. The quantitative estimate of drug-likeness (QED) is 0.786. The van der Waals surface area contributed by atoms with E-state index < -0.39 is 0 Å². The molecule has 2 rings (SSSR count). The molecular weight excluding hydrogens is 200 g/mol. The molecule has 1 aliphatic heterocycles. The molecule has 3 N–H and O–H groups in total. The number of nitrogens with one attached hydrogen (secondary N) is 1. The molecule has 88 valence electrons. The van der Waals surface area contributed by atoms with Gasteiger partial charge in [-0.1, -0.05) is 0 Å². The molecule has 16 heavy (non-hydrogen) atoms. The number of nitrogens with two attached hydrogens (primary N) is 1. The van der Waals surface area contributed by atoms with Gasteiger partial charge in [0.05, 0.1) is 0 Å². The number of aromatic nitrogens is 2. The first-order chi connectivity index (χ1) is 7.66. The maximum Gasteiger partial charge on any atom is 0.220 e. The third kappa shape index (κ3) is 2.50. The zero-order valence-corrected chi connectivity index (χ0v) is 10.1. The zero-order valence-electron chi connectivity index (χ0n) is 10.1. The Labute approximate surface area is 96.7 Å². The summed E-state index contributed by atoms with van der Waals surface area (Å²) in [6.07, 6.45) is 3.60.